The normalized spacial score (nSPS) is 10.2. The fourth-order valence-corrected chi connectivity index (χ4v) is 2.03. The molecular formula is C15H16O5. The Morgan fingerprint density at radius 1 is 0.700 bits per heavy atom. The molecule has 0 bridgehead atoms. The summed E-state index contributed by atoms with van der Waals surface area (Å²) < 4.78 is 15.9. The van der Waals surface area contributed by atoms with Crippen molar-refractivity contribution in [3.63, 3.8) is 0 Å². The van der Waals surface area contributed by atoms with Gasteiger partial charge in [0.2, 0.25) is 0 Å². The van der Waals surface area contributed by atoms with Gasteiger partial charge in [0.05, 0.1) is 26.9 Å². The summed E-state index contributed by atoms with van der Waals surface area (Å²) in [5.74, 6) is 1.55. The van der Waals surface area contributed by atoms with Crippen LogP contribution in [-0.4, -0.2) is 31.5 Å². The first-order valence-corrected chi connectivity index (χ1v) is 5.92. The van der Waals surface area contributed by atoms with Gasteiger partial charge in [0.25, 0.3) is 0 Å². The van der Waals surface area contributed by atoms with E-state index in [-0.39, 0.29) is 11.5 Å². The minimum absolute atomic E-state index is 0.0417. The zero-order chi connectivity index (χ0) is 14.7. The summed E-state index contributed by atoms with van der Waals surface area (Å²) in [7, 11) is 4.61. The van der Waals surface area contributed by atoms with Crippen molar-refractivity contribution in [2.24, 2.45) is 0 Å². The second-order valence-corrected chi connectivity index (χ2v) is 4.15. The van der Waals surface area contributed by atoms with E-state index in [9.17, 15) is 10.2 Å². The predicted octanol–water partition coefficient (Wildman–Crippen LogP) is 2.79. The maximum atomic E-state index is 9.62. The van der Waals surface area contributed by atoms with Crippen molar-refractivity contribution in [3.8, 4) is 39.9 Å². The number of phenols is 2. The van der Waals surface area contributed by atoms with Crippen LogP contribution in [0.3, 0.4) is 0 Å². The number of phenolic OH excluding ortho intramolecular Hbond substituents is 2. The molecule has 0 heterocycles. The van der Waals surface area contributed by atoms with Crippen molar-refractivity contribution < 1.29 is 24.4 Å². The van der Waals surface area contributed by atoms with Gasteiger partial charge in [-0.15, -0.1) is 0 Å². The van der Waals surface area contributed by atoms with E-state index in [1.807, 2.05) is 0 Å². The molecule has 106 valence electrons. The Morgan fingerprint density at radius 2 is 1.20 bits per heavy atom. The molecule has 0 aliphatic rings. The Kier molecular flexibility index (Phi) is 3.89. The zero-order valence-electron chi connectivity index (χ0n) is 11.5. The van der Waals surface area contributed by atoms with Crippen molar-refractivity contribution in [3.05, 3.63) is 30.3 Å². The first-order chi connectivity index (χ1) is 9.58. The molecule has 2 aromatic rings. The van der Waals surface area contributed by atoms with Gasteiger partial charge in [0, 0.05) is 18.2 Å². The van der Waals surface area contributed by atoms with Gasteiger partial charge in [0.1, 0.15) is 28.7 Å². The molecule has 2 aromatic carbocycles. The van der Waals surface area contributed by atoms with Crippen LogP contribution in [0.2, 0.25) is 0 Å². The lowest BCUT2D eigenvalue weighted by Crippen LogP contribution is -1.95. The lowest BCUT2D eigenvalue weighted by Gasteiger charge is -2.15. The van der Waals surface area contributed by atoms with Crippen LogP contribution in [-0.2, 0) is 0 Å². The number of methoxy groups -OCH3 is 3. The van der Waals surface area contributed by atoms with Crippen LogP contribution in [0.5, 0.6) is 28.7 Å². The Morgan fingerprint density at radius 3 is 1.60 bits per heavy atom. The van der Waals surface area contributed by atoms with E-state index in [2.05, 4.69) is 0 Å². The maximum absolute atomic E-state index is 9.62. The quantitative estimate of drug-likeness (QED) is 0.898. The van der Waals surface area contributed by atoms with E-state index in [1.54, 1.807) is 19.2 Å². The summed E-state index contributed by atoms with van der Waals surface area (Å²) in [4.78, 5) is 0. The SMILES string of the molecule is COc1cc(OC)c(-c2cc(O)cc(O)c2)c(OC)c1. The third-order valence-electron chi connectivity index (χ3n) is 2.91. The number of hydrogen-bond acceptors (Lipinski definition) is 5. The standard InChI is InChI=1S/C15H16O5/c1-18-12-7-13(19-2)15(14(8-12)20-3)9-4-10(16)6-11(17)5-9/h4-8,16-17H,1-3H3. The van der Waals surface area contributed by atoms with Gasteiger partial charge >= 0.3 is 0 Å². The highest BCUT2D eigenvalue weighted by Gasteiger charge is 2.16. The molecule has 0 atom stereocenters. The summed E-state index contributed by atoms with van der Waals surface area (Å²) in [6.45, 7) is 0. The summed E-state index contributed by atoms with van der Waals surface area (Å²) in [5.41, 5.74) is 1.21. The van der Waals surface area contributed by atoms with Crippen molar-refractivity contribution in [1.82, 2.24) is 0 Å². The number of ether oxygens (including phenoxy) is 3. The minimum Gasteiger partial charge on any atom is -0.508 e. The average Bonchev–Trinajstić information content (AvgIpc) is 2.44. The molecule has 0 aliphatic heterocycles. The number of hydrogen-bond donors (Lipinski definition) is 2. The predicted molar refractivity (Wildman–Crippen MR) is 74.9 cm³/mol. The molecule has 5 heteroatoms. The molecule has 2 N–H and O–H groups in total. The zero-order valence-corrected chi connectivity index (χ0v) is 11.5. The molecular weight excluding hydrogens is 260 g/mol. The third-order valence-corrected chi connectivity index (χ3v) is 2.91. The van der Waals surface area contributed by atoms with E-state index in [0.29, 0.717) is 28.4 Å². The van der Waals surface area contributed by atoms with Crippen LogP contribution in [0.25, 0.3) is 11.1 Å². The monoisotopic (exact) mass is 276 g/mol. The number of aromatic hydroxyl groups is 2. The van der Waals surface area contributed by atoms with E-state index in [4.69, 9.17) is 14.2 Å². The summed E-state index contributed by atoms with van der Waals surface area (Å²) in [6.07, 6.45) is 0. The lowest BCUT2D eigenvalue weighted by molar-refractivity contribution is 0.377. The summed E-state index contributed by atoms with van der Waals surface area (Å²) in [6, 6.07) is 7.71. The summed E-state index contributed by atoms with van der Waals surface area (Å²) >= 11 is 0. The largest absolute Gasteiger partial charge is 0.508 e. The van der Waals surface area contributed by atoms with Crippen molar-refractivity contribution >= 4 is 0 Å². The lowest BCUT2D eigenvalue weighted by atomic mass is 10.0. The summed E-state index contributed by atoms with van der Waals surface area (Å²) in [5, 5.41) is 19.2. The Labute approximate surface area is 117 Å². The topological polar surface area (TPSA) is 68.2 Å². The molecule has 0 aliphatic carbocycles. The molecule has 0 saturated heterocycles. The number of benzene rings is 2. The van der Waals surface area contributed by atoms with Crippen LogP contribution >= 0.6 is 0 Å². The Balaban J connectivity index is 2.70. The van der Waals surface area contributed by atoms with Crippen molar-refractivity contribution in [1.29, 1.82) is 0 Å². The average molecular weight is 276 g/mol. The Hall–Kier alpha value is -2.56. The third kappa shape index (κ3) is 2.56. The van der Waals surface area contributed by atoms with Gasteiger partial charge in [-0.1, -0.05) is 0 Å². The first kappa shape index (κ1) is 13.9. The highest BCUT2D eigenvalue weighted by atomic mass is 16.5. The molecule has 0 amide bonds. The van der Waals surface area contributed by atoms with E-state index in [1.165, 1.54) is 32.4 Å². The van der Waals surface area contributed by atoms with Crippen LogP contribution in [0.4, 0.5) is 0 Å². The van der Waals surface area contributed by atoms with Gasteiger partial charge in [0.15, 0.2) is 0 Å². The molecule has 0 saturated carbocycles. The molecule has 0 unspecified atom stereocenters. The molecule has 0 spiro atoms. The van der Waals surface area contributed by atoms with Crippen LogP contribution in [0, 0.1) is 0 Å². The van der Waals surface area contributed by atoms with Crippen LogP contribution in [0.15, 0.2) is 30.3 Å². The fraction of sp³-hybridized carbons (Fsp3) is 0.200. The molecule has 2 rings (SSSR count). The van der Waals surface area contributed by atoms with Crippen LogP contribution < -0.4 is 14.2 Å². The van der Waals surface area contributed by atoms with Crippen molar-refractivity contribution in [2.45, 2.75) is 0 Å². The first-order valence-electron chi connectivity index (χ1n) is 5.92. The molecule has 20 heavy (non-hydrogen) atoms. The highest BCUT2D eigenvalue weighted by Crippen LogP contribution is 2.43. The molecule has 0 radical (unpaired) electrons. The van der Waals surface area contributed by atoms with E-state index >= 15 is 0 Å². The van der Waals surface area contributed by atoms with Gasteiger partial charge in [-0.3, -0.25) is 0 Å². The molecule has 0 aromatic heterocycles. The second kappa shape index (κ2) is 5.61. The maximum Gasteiger partial charge on any atom is 0.134 e. The van der Waals surface area contributed by atoms with Gasteiger partial charge in [-0.05, 0) is 17.7 Å². The Bertz CT molecular complexity index is 576. The smallest absolute Gasteiger partial charge is 0.134 e. The van der Waals surface area contributed by atoms with E-state index < -0.39 is 0 Å². The van der Waals surface area contributed by atoms with Gasteiger partial charge in [-0.25, -0.2) is 0 Å². The fourth-order valence-electron chi connectivity index (χ4n) is 2.03. The second-order valence-electron chi connectivity index (χ2n) is 4.15. The van der Waals surface area contributed by atoms with Crippen LogP contribution in [0.1, 0.15) is 0 Å². The molecule has 0 fully saturated rings. The van der Waals surface area contributed by atoms with Gasteiger partial charge in [-0.2, -0.15) is 0 Å². The minimum atomic E-state index is -0.0417. The van der Waals surface area contributed by atoms with Gasteiger partial charge < -0.3 is 24.4 Å². The van der Waals surface area contributed by atoms with Crippen molar-refractivity contribution in [2.75, 3.05) is 21.3 Å². The van der Waals surface area contributed by atoms with E-state index in [0.717, 1.165) is 0 Å². The highest BCUT2D eigenvalue weighted by molar-refractivity contribution is 5.79. The molecule has 5 nitrogen and oxygen atoms in total. The number of rotatable bonds is 4.